The van der Waals surface area contributed by atoms with E-state index in [0.29, 0.717) is 20.1 Å². The van der Waals surface area contributed by atoms with Crippen molar-refractivity contribution >= 4 is 29.3 Å². The Hall–Kier alpha value is -2.09. The van der Waals surface area contributed by atoms with Crippen molar-refractivity contribution < 1.29 is 60.4 Å². The monoisotopic (exact) mass is 576 g/mol. The molecule has 202 valence electrons. The number of anilines is 1. The Balaban J connectivity index is 2.14. The van der Waals surface area contributed by atoms with Gasteiger partial charge in [-0.3, -0.25) is 13.6 Å². The second-order valence-corrected chi connectivity index (χ2v) is 11.3. The van der Waals surface area contributed by atoms with Crippen molar-refractivity contribution in [1.29, 1.82) is 0 Å². The Bertz CT molecular complexity index is 1250. The predicted molar refractivity (Wildman–Crippen MR) is 118 cm³/mol. The summed E-state index contributed by atoms with van der Waals surface area (Å²) in [5, 5.41) is 0. The van der Waals surface area contributed by atoms with Crippen molar-refractivity contribution in [2.24, 2.45) is 5.90 Å². The maximum atomic E-state index is 12.3. The fourth-order valence-corrected chi connectivity index (χ4v) is 5.70. The highest BCUT2D eigenvalue weighted by atomic mass is 31.3. The summed E-state index contributed by atoms with van der Waals surface area (Å²) >= 11 is 0. The highest BCUT2D eigenvalue weighted by molar-refractivity contribution is 7.66. The number of phosphoric acid groups is 3. The first-order valence-electron chi connectivity index (χ1n) is 9.45. The number of hydrogen-bond acceptors (Lipinski definition) is 14. The number of phosphoric ester groups is 2. The zero-order valence-electron chi connectivity index (χ0n) is 18.7. The molecule has 0 fully saturated rings. The highest BCUT2D eigenvalue weighted by Crippen LogP contribution is 2.67. The molecule has 0 spiro atoms. The quantitative estimate of drug-likeness (QED) is 0.0964. The SMILES string of the molecule is COCCC#Cc1cn(C2CC(ON)=C(COP(=O)(O)OP(=O)(O)OP(=O)(O)OC)O2)c(=O)nc1N. The average molecular weight is 576 g/mol. The number of hydrogen-bond donors (Lipinski definition) is 5. The zero-order valence-corrected chi connectivity index (χ0v) is 21.4. The van der Waals surface area contributed by atoms with Gasteiger partial charge in [0.25, 0.3) is 0 Å². The molecule has 1 aromatic rings. The first kappa shape index (κ1) is 30.1. The molecule has 0 radical (unpaired) electrons. The van der Waals surface area contributed by atoms with Crippen molar-refractivity contribution in [2.45, 2.75) is 19.1 Å². The van der Waals surface area contributed by atoms with E-state index in [0.717, 1.165) is 4.57 Å². The van der Waals surface area contributed by atoms with Crippen molar-refractivity contribution in [1.82, 2.24) is 9.55 Å². The van der Waals surface area contributed by atoms with E-state index < -0.39 is 42.0 Å². The smallest absolute Gasteiger partial charge is 0.468 e. The molecule has 21 heteroatoms. The van der Waals surface area contributed by atoms with E-state index in [1.54, 1.807) is 0 Å². The van der Waals surface area contributed by atoms with Gasteiger partial charge in [0.15, 0.2) is 17.7 Å². The van der Waals surface area contributed by atoms with Crippen molar-refractivity contribution in [2.75, 3.05) is 33.2 Å². The van der Waals surface area contributed by atoms with Gasteiger partial charge in [-0.15, -0.1) is 0 Å². The summed E-state index contributed by atoms with van der Waals surface area (Å²) in [6.07, 6.45) is 0.377. The predicted octanol–water partition coefficient (Wildman–Crippen LogP) is 0.232. The summed E-state index contributed by atoms with van der Waals surface area (Å²) in [4.78, 5) is 48.8. The molecule has 2 rings (SSSR count). The third kappa shape index (κ3) is 8.79. The molecule has 1 aliphatic rings. The van der Waals surface area contributed by atoms with Gasteiger partial charge in [-0.1, -0.05) is 11.8 Å². The van der Waals surface area contributed by atoms with Crippen molar-refractivity contribution in [3.63, 3.8) is 0 Å². The highest BCUT2D eigenvalue weighted by Gasteiger charge is 2.42. The van der Waals surface area contributed by atoms with Crippen LogP contribution in [0.3, 0.4) is 0 Å². The lowest BCUT2D eigenvalue weighted by molar-refractivity contribution is 0.0571. The van der Waals surface area contributed by atoms with E-state index in [9.17, 15) is 28.3 Å². The molecule has 1 aliphatic heterocycles. The van der Waals surface area contributed by atoms with Crippen LogP contribution in [0.25, 0.3) is 0 Å². The second kappa shape index (κ2) is 12.4. The van der Waals surface area contributed by atoms with Crippen molar-refractivity contribution in [3.05, 3.63) is 33.8 Å². The van der Waals surface area contributed by atoms with Crippen LogP contribution in [0.15, 0.2) is 22.5 Å². The number of nitrogen functional groups attached to an aromatic ring is 1. The van der Waals surface area contributed by atoms with Crippen LogP contribution in [0.2, 0.25) is 0 Å². The molecule has 0 saturated carbocycles. The lowest BCUT2D eigenvalue weighted by Gasteiger charge is -2.18. The minimum Gasteiger partial charge on any atom is -0.468 e. The summed E-state index contributed by atoms with van der Waals surface area (Å²) < 4.78 is 62.5. The number of nitrogens with two attached hydrogens (primary N) is 2. The molecule has 0 amide bonds. The van der Waals surface area contributed by atoms with E-state index in [-0.39, 0.29) is 29.3 Å². The van der Waals surface area contributed by atoms with Crippen molar-refractivity contribution in [3.8, 4) is 11.8 Å². The van der Waals surface area contributed by atoms with E-state index in [1.807, 2.05) is 0 Å². The molecule has 0 aromatic carbocycles. The molecule has 1 aromatic heterocycles. The Morgan fingerprint density at radius 3 is 2.47 bits per heavy atom. The fourth-order valence-electron chi connectivity index (χ4n) is 2.50. The Morgan fingerprint density at radius 2 is 1.86 bits per heavy atom. The van der Waals surface area contributed by atoms with Gasteiger partial charge in [-0.2, -0.15) is 19.5 Å². The van der Waals surface area contributed by atoms with Gasteiger partial charge in [-0.05, 0) is 0 Å². The van der Waals surface area contributed by atoms with Crippen LogP contribution in [-0.4, -0.2) is 51.7 Å². The normalized spacial score (nSPS) is 20.4. The van der Waals surface area contributed by atoms with Crippen LogP contribution in [0, 0.1) is 11.8 Å². The van der Waals surface area contributed by atoms with Crippen LogP contribution in [0.4, 0.5) is 5.82 Å². The number of nitrogens with zero attached hydrogens (tertiary/aromatic N) is 2. The van der Waals surface area contributed by atoms with Gasteiger partial charge in [0.2, 0.25) is 0 Å². The molecule has 0 bridgehead atoms. The molecule has 0 aliphatic carbocycles. The number of rotatable bonds is 12. The molecule has 0 saturated heterocycles. The number of aromatic nitrogens is 2. The van der Waals surface area contributed by atoms with E-state index >= 15 is 0 Å². The third-order valence-corrected chi connectivity index (χ3v) is 8.26. The second-order valence-electron chi connectivity index (χ2n) is 6.54. The average Bonchev–Trinajstić information content (AvgIpc) is 3.18. The molecule has 2 heterocycles. The molecule has 36 heavy (non-hydrogen) atoms. The maximum Gasteiger partial charge on any atom is 0.490 e. The van der Waals surface area contributed by atoms with Crippen LogP contribution in [0.5, 0.6) is 0 Å². The molecular formula is C15H23N4O14P3. The summed E-state index contributed by atoms with van der Waals surface area (Å²) in [7, 11) is -13.9. The lowest BCUT2D eigenvalue weighted by atomic mass is 10.2. The van der Waals surface area contributed by atoms with Crippen LogP contribution >= 0.6 is 23.5 Å². The standard InChI is InChI=1S/C15H23N4O14P3/c1-27-6-4-3-5-10-8-19(15(20)18-14(10)16)13-7-11(31-17)12(30-13)9-29-35(23,24)33-36(25,26)32-34(21,22)28-2/h8,13H,4,6-7,9,17H2,1-2H3,(H,21,22)(H,23,24)(H,25,26)(H2,16,18,20). The number of methoxy groups -OCH3 is 1. The first-order valence-corrected chi connectivity index (χ1v) is 13.9. The van der Waals surface area contributed by atoms with Gasteiger partial charge < -0.3 is 34.7 Å². The van der Waals surface area contributed by atoms with Crippen LogP contribution in [-0.2, 0) is 45.7 Å². The lowest BCUT2D eigenvalue weighted by Crippen LogP contribution is -2.28. The minimum absolute atomic E-state index is 0.124. The van der Waals surface area contributed by atoms with Gasteiger partial charge >= 0.3 is 29.2 Å². The molecule has 4 unspecified atom stereocenters. The maximum absolute atomic E-state index is 12.3. The first-order chi connectivity index (χ1) is 16.7. The fraction of sp³-hybridized carbons (Fsp3) is 0.467. The van der Waals surface area contributed by atoms with Gasteiger partial charge in [0.05, 0.1) is 18.6 Å². The largest absolute Gasteiger partial charge is 0.490 e. The summed E-state index contributed by atoms with van der Waals surface area (Å²) in [6, 6.07) is 0. The molecular weight excluding hydrogens is 553 g/mol. The Kier molecular flexibility index (Phi) is 10.4. The topological polar surface area (TPSA) is 263 Å². The van der Waals surface area contributed by atoms with E-state index in [1.165, 1.54) is 13.3 Å². The van der Waals surface area contributed by atoms with Gasteiger partial charge in [-0.25, -0.2) is 18.5 Å². The molecule has 7 N–H and O–H groups in total. The minimum atomic E-state index is -5.60. The number of ether oxygens (including phenoxy) is 2. The van der Waals surface area contributed by atoms with Crippen LogP contribution < -0.4 is 17.3 Å². The Morgan fingerprint density at radius 1 is 1.19 bits per heavy atom. The third-order valence-electron chi connectivity index (χ3n) is 4.04. The molecule has 18 nitrogen and oxygen atoms in total. The zero-order chi connectivity index (χ0) is 27.1. The van der Waals surface area contributed by atoms with Crippen LogP contribution in [0.1, 0.15) is 24.6 Å². The summed E-state index contributed by atoms with van der Waals surface area (Å²) in [6.45, 7) is -0.545. The molecule has 4 atom stereocenters. The Labute approximate surface area is 203 Å². The van der Waals surface area contributed by atoms with Gasteiger partial charge in [0, 0.05) is 26.8 Å². The van der Waals surface area contributed by atoms with E-state index in [4.69, 9.17) is 26.0 Å². The summed E-state index contributed by atoms with van der Waals surface area (Å²) in [5.74, 6) is 10.2. The van der Waals surface area contributed by atoms with Gasteiger partial charge in [0.1, 0.15) is 12.4 Å². The van der Waals surface area contributed by atoms with E-state index in [2.05, 4.69) is 39.3 Å². The summed E-state index contributed by atoms with van der Waals surface area (Å²) in [5.41, 5.74) is 5.12.